The number of fused-ring (bicyclic) bond motifs is 1. The number of nitrogens with one attached hydrogen (secondary N) is 1. The summed E-state index contributed by atoms with van der Waals surface area (Å²) < 4.78 is 31.4. The average Bonchev–Trinajstić information content (AvgIpc) is 3.16. The molecule has 0 atom stereocenters. The van der Waals surface area contributed by atoms with Crippen molar-refractivity contribution >= 4 is 34.4 Å². The van der Waals surface area contributed by atoms with Crippen LogP contribution in [0.4, 0.5) is 20.3 Å². The first-order valence-electron chi connectivity index (χ1n) is 10.3. The fourth-order valence-corrected chi connectivity index (χ4v) is 3.98. The van der Waals surface area contributed by atoms with E-state index in [2.05, 4.69) is 20.4 Å². The maximum Gasteiger partial charge on any atom is 0.253 e. The van der Waals surface area contributed by atoms with E-state index in [0.717, 1.165) is 6.07 Å². The number of carbonyl (C=O) groups excluding carboxylic acids is 1. The highest BCUT2D eigenvalue weighted by Crippen LogP contribution is 2.33. The van der Waals surface area contributed by atoms with Gasteiger partial charge in [0.05, 0.1) is 11.1 Å². The number of likely N-dealkylation sites (tertiary alicyclic amines) is 1. The number of anilines is 2. The molecule has 0 bridgehead atoms. The van der Waals surface area contributed by atoms with Crippen molar-refractivity contribution in [1.82, 2.24) is 24.3 Å². The fourth-order valence-electron chi connectivity index (χ4n) is 3.98. The highest BCUT2D eigenvalue weighted by molar-refractivity contribution is 5.95. The van der Waals surface area contributed by atoms with Crippen LogP contribution in [0.3, 0.4) is 0 Å². The van der Waals surface area contributed by atoms with E-state index in [9.17, 15) is 13.6 Å². The molecule has 4 rings (SSSR count). The Labute approximate surface area is 188 Å². The van der Waals surface area contributed by atoms with E-state index >= 15 is 0 Å². The van der Waals surface area contributed by atoms with Gasteiger partial charge in [-0.15, -0.1) is 0 Å². The number of aromatic nitrogens is 3. The molecule has 0 aliphatic carbocycles. The Morgan fingerprint density at radius 1 is 1.24 bits per heavy atom. The summed E-state index contributed by atoms with van der Waals surface area (Å²) in [7, 11) is 3.16. The van der Waals surface area contributed by atoms with Gasteiger partial charge in [0, 0.05) is 45.0 Å². The number of nitrogens with two attached hydrogens (primary N) is 1. The van der Waals surface area contributed by atoms with Gasteiger partial charge in [0.25, 0.3) is 5.91 Å². The van der Waals surface area contributed by atoms with Crippen molar-refractivity contribution < 1.29 is 18.8 Å². The largest absolute Gasteiger partial charge is 0.408 e. The Morgan fingerprint density at radius 2 is 1.97 bits per heavy atom. The SMILES string of the molecule is CN(C)C(=O)c1ccc(Nc2ncnc3c2c(F)cn3C2CCN(C(N)=NO)CC2)c(F)c1. The number of hydrogen-bond donors (Lipinski definition) is 3. The van der Waals surface area contributed by atoms with Gasteiger partial charge in [-0.05, 0) is 31.0 Å². The monoisotopic (exact) mass is 458 g/mol. The summed E-state index contributed by atoms with van der Waals surface area (Å²) >= 11 is 0. The van der Waals surface area contributed by atoms with Gasteiger partial charge in [-0.3, -0.25) is 4.79 Å². The molecule has 1 aliphatic rings. The molecule has 1 fully saturated rings. The minimum Gasteiger partial charge on any atom is -0.408 e. The van der Waals surface area contributed by atoms with Crippen molar-refractivity contribution in [3.05, 3.63) is 47.9 Å². The van der Waals surface area contributed by atoms with Crippen LogP contribution >= 0.6 is 0 Å². The third-order valence-corrected chi connectivity index (χ3v) is 5.72. The maximum atomic E-state index is 15.0. The van der Waals surface area contributed by atoms with Crippen molar-refractivity contribution in [2.24, 2.45) is 10.9 Å². The molecule has 10 nitrogen and oxygen atoms in total. The van der Waals surface area contributed by atoms with Gasteiger partial charge < -0.3 is 30.6 Å². The molecule has 3 aromatic rings. The summed E-state index contributed by atoms with van der Waals surface area (Å²) in [6.07, 6.45) is 3.93. The Hall–Kier alpha value is -3.96. The van der Waals surface area contributed by atoms with Crippen molar-refractivity contribution in [2.75, 3.05) is 32.5 Å². The number of benzene rings is 1. The van der Waals surface area contributed by atoms with E-state index in [4.69, 9.17) is 10.9 Å². The normalized spacial score (nSPS) is 15.2. The first kappa shape index (κ1) is 22.2. The van der Waals surface area contributed by atoms with Crippen LogP contribution in [-0.2, 0) is 0 Å². The molecule has 0 radical (unpaired) electrons. The van der Waals surface area contributed by atoms with Gasteiger partial charge in [0.2, 0.25) is 5.96 Å². The number of guanidine groups is 1. The zero-order chi connectivity index (χ0) is 23.7. The predicted octanol–water partition coefficient (Wildman–Crippen LogP) is 2.50. The van der Waals surface area contributed by atoms with Gasteiger partial charge in [-0.2, -0.15) is 0 Å². The van der Waals surface area contributed by atoms with E-state index in [1.54, 1.807) is 23.6 Å². The summed E-state index contributed by atoms with van der Waals surface area (Å²) in [6.45, 7) is 1.09. The van der Waals surface area contributed by atoms with Crippen molar-refractivity contribution in [1.29, 1.82) is 0 Å². The quantitative estimate of drug-likeness (QED) is 0.237. The molecule has 174 valence electrons. The molecule has 1 aromatic carbocycles. The fraction of sp³-hybridized carbons (Fsp3) is 0.333. The first-order chi connectivity index (χ1) is 15.8. The molecule has 1 amide bonds. The van der Waals surface area contributed by atoms with Crippen molar-refractivity contribution in [3.63, 3.8) is 0 Å². The Balaban J connectivity index is 1.61. The average molecular weight is 458 g/mol. The number of rotatable bonds is 4. The number of amides is 1. The van der Waals surface area contributed by atoms with Crippen LogP contribution in [0.15, 0.2) is 35.9 Å². The Kier molecular flexibility index (Phi) is 5.99. The first-order valence-corrected chi connectivity index (χ1v) is 10.3. The third kappa shape index (κ3) is 4.23. The van der Waals surface area contributed by atoms with Gasteiger partial charge in [-0.25, -0.2) is 18.7 Å². The summed E-state index contributed by atoms with van der Waals surface area (Å²) in [5, 5.41) is 14.8. The highest BCUT2D eigenvalue weighted by atomic mass is 19.1. The van der Waals surface area contributed by atoms with E-state index in [1.807, 2.05) is 0 Å². The van der Waals surface area contributed by atoms with Crippen LogP contribution in [0.5, 0.6) is 0 Å². The van der Waals surface area contributed by atoms with Crippen molar-refractivity contribution in [3.8, 4) is 0 Å². The molecule has 33 heavy (non-hydrogen) atoms. The number of oxime groups is 1. The number of piperidine rings is 1. The summed E-state index contributed by atoms with van der Waals surface area (Å²) in [4.78, 5) is 23.5. The van der Waals surface area contributed by atoms with Crippen LogP contribution in [0.2, 0.25) is 0 Å². The van der Waals surface area contributed by atoms with Gasteiger partial charge in [-0.1, -0.05) is 5.16 Å². The molecule has 2 aromatic heterocycles. The summed E-state index contributed by atoms with van der Waals surface area (Å²) in [5.41, 5.74) is 6.29. The van der Waals surface area contributed by atoms with E-state index in [1.165, 1.54) is 29.6 Å². The van der Waals surface area contributed by atoms with Crippen LogP contribution in [0.25, 0.3) is 11.0 Å². The van der Waals surface area contributed by atoms with E-state index < -0.39 is 11.6 Å². The molecular weight excluding hydrogens is 434 g/mol. The molecular formula is C21H24F2N8O2. The highest BCUT2D eigenvalue weighted by Gasteiger charge is 2.26. The lowest BCUT2D eigenvalue weighted by Crippen LogP contribution is -2.43. The van der Waals surface area contributed by atoms with Gasteiger partial charge >= 0.3 is 0 Å². The smallest absolute Gasteiger partial charge is 0.253 e. The minimum atomic E-state index is -0.662. The van der Waals surface area contributed by atoms with Crippen LogP contribution in [0.1, 0.15) is 29.2 Å². The second-order valence-electron chi connectivity index (χ2n) is 8.00. The second kappa shape index (κ2) is 8.88. The Morgan fingerprint density at radius 3 is 2.61 bits per heavy atom. The summed E-state index contributed by atoms with van der Waals surface area (Å²) in [6, 6.07) is 3.98. The zero-order valence-corrected chi connectivity index (χ0v) is 18.2. The van der Waals surface area contributed by atoms with E-state index in [-0.39, 0.29) is 40.4 Å². The molecule has 1 saturated heterocycles. The molecule has 0 saturated carbocycles. The van der Waals surface area contributed by atoms with Gasteiger partial charge in [0.15, 0.2) is 5.82 Å². The number of nitrogens with zero attached hydrogens (tertiary/aromatic N) is 6. The number of halogens is 2. The predicted molar refractivity (Wildman–Crippen MR) is 118 cm³/mol. The van der Waals surface area contributed by atoms with Crippen molar-refractivity contribution in [2.45, 2.75) is 18.9 Å². The van der Waals surface area contributed by atoms with Crippen LogP contribution in [-0.4, -0.2) is 68.6 Å². The Bertz CT molecular complexity index is 1220. The molecule has 0 spiro atoms. The lowest BCUT2D eigenvalue weighted by molar-refractivity contribution is 0.0827. The topological polar surface area (TPSA) is 125 Å². The number of carbonyl (C=O) groups is 1. The zero-order valence-electron chi connectivity index (χ0n) is 18.2. The molecule has 4 N–H and O–H groups in total. The lowest BCUT2D eigenvalue weighted by atomic mass is 10.1. The molecule has 1 aliphatic heterocycles. The second-order valence-corrected chi connectivity index (χ2v) is 8.00. The standard InChI is InChI=1S/C21H24F2N8O2/c1-29(2)20(32)12-3-4-16(14(22)9-12)27-18-17-15(23)10-31(19(17)26-11-25-18)13-5-7-30(8-6-13)21(24)28-33/h3-4,9-11,13,33H,5-8H2,1-2H3,(H2,24,28)(H,25,26,27). The van der Waals surface area contributed by atoms with E-state index in [0.29, 0.717) is 31.6 Å². The van der Waals surface area contributed by atoms with Crippen LogP contribution in [0, 0.1) is 11.6 Å². The third-order valence-electron chi connectivity index (χ3n) is 5.72. The number of hydrogen-bond acceptors (Lipinski definition) is 6. The molecule has 3 heterocycles. The molecule has 12 heteroatoms. The van der Waals surface area contributed by atoms with Crippen LogP contribution < -0.4 is 11.1 Å². The minimum absolute atomic E-state index is 0.0458. The van der Waals surface area contributed by atoms with Gasteiger partial charge in [0.1, 0.15) is 23.6 Å². The molecule has 0 unspecified atom stereocenters. The maximum absolute atomic E-state index is 15.0. The summed E-state index contributed by atoms with van der Waals surface area (Å²) in [5.74, 6) is -1.36. The lowest BCUT2D eigenvalue weighted by Gasteiger charge is -2.32.